The third kappa shape index (κ3) is 8.18. The van der Waals surface area contributed by atoms with Gasteiger partial charge in [0.15, 0.2) is 23.1 Å². The van der Waals surface area contributed by atoms with Gasteiger partial charge in [-0.05, 0) is 72.4 Å². The lowest BCUT2D eigenvalue weighted by atomic mass is 10.0. The fourth-order valence-corrected chi connectivity index (χ4v) is 4.00. The molecule has 0 N–H and O–H groups in total. The van der Waals surface area contributed by atoms with Gasteiger partial charge in [0.05, 0.1) is 12.2 Å². The molecule has 0 saturated carbocycles. The van der Waals surface area contributed by atoms with E-state index in [1.165, 1.54) is 37.5 Å². The van der Waals surface area contributed by atoms with E-state index in [1.807, 2.05) is 0 Å². The van der Waals surface area contributed by atoms with Gasteiger partial charge in [0, 0.05) is 0 Å². The van der Waals surface area contributed by atoms with Crippen LogP contribution in [-0.4, -0.2) is 12.6 Å². The summed E-state index contributed by atoms with van der Waals surface area (Å²) in [5.74, 6) is -1.46. The van der Waals surface area contributed by atoms with Crippen molar-refractivity contribution in [2.75, 3.05) is 6.61 Å². The fraction of sp³-hybridized carbons (Fsp3) is 0.387. The molecular formula is C31H36F2O3. The van der Waals surface area contributed by atoms with Gasteiger partial charge >= 0.3 is 5.97 Å². The Morgan fingerprint density at radius 1 is 0.694 bits per heavy atom. The zero-order valence-electron chi connectivity index (χ0n) is 21.3. The van der Waals surface area contributed by atoms with E-state index in [2.05, 4.69) is 13.8 Å². The van der Waals surface area contributed by atoms with Crippen LogP contribution < -0.4 is 9.47 Å². The topological polar surface area (TPSA) is 35.5 Å². The summed E-state index contributed by atoms with van der Waals surface area (Å²) in [5.41, 5.74) is 2.60. The second-order valence-electron chi connectivity index (χ2n) is 9.10. The van der Waals surface area contributed by atoms with Crippen molar-refractivity contribution in [3.63, 3.8) is 0 Å². The Bertz CT molecular complexity index is 1110. The van der Waals surface area contributed by atoms with E-state index in [0.29, 0.717) is 12.2 Å². The minimum atomic E-state index is -0.645. The lowest BCUT2D eigenvalue weighted by Gasteiger charge is -2.10. The Morgan fingerprint density at radius 3 is 2.03 bits per heavy atom. The molecule has 3 aromatic rings. The molecule has 0 unspecified atom stereocenters. The summed E-state index contributed by atoms with van der Waals surface area (Å²) in [5, 5.41) is 0. The number of aryl methyl sites for hydroxylation is 1. The molecule has 0 spiro atoms. The van der Waals surface area contributed by atoms with E-state index < -0.39 is 17.6 Å². The van der Waals surface area contributed by atoms with Crippen molar-refractivity contribution in [2.24, 2.45) is 0 Å². The maximum atomic E-state index is 14.5. The maximum absolute atomic E-state index is 14.5. The molecule has 5 heteroatoms. The largest absolute Gasteiger partial charge is 0.491 e. The van der Waals surface area contributed by atoms with Crippen LogP contribution in [0.2, 0.25) is 0 Å². The van der Waals surface area contributed by atoms with Crippen LogP contribution in [0.4, 0.5) is 8.78 Å². The van der Waals surface area contributed by atoms with Gasteiger partial charge in [-0.1, -0.05) is 76.6 Å². The first-order chi connectivity index (χ1) is 17.5. The van der Waals surface area contributed by atoms with Gasteiger partial charge in [0.25, 0.3) is 0 Å². The predicted molar refractivity (Wildman–Crippen MR) is 141 cm³/mol. The molecule has 0 fully saturated rings. The van der Waals surface area contributed by atoms with Crippen LogP contribution >= 0.6 is 0 Å². The summed E-state index contributed by atoms with van der Waals surface area (Å²) in [6.07, 6.45) is 9.56. The monoisotopic (exact) mass is 494 g/mol. The molecule has 0 heterocycles. The maximum Gasteiger partial charge on any atom is 0.343 e. The highest BCUT2D eigenvalue weighted by Gasteiger charge is 2.13. The molecule has 0 aromatic heterocycles. The van der Waals surface area contributed by atoms with Crippen molar-refractivity contribution in [1.29, 1.82) is 0 Å². The number of unbranched alkanes of at least 4 members (excludes halogenated alkanes) is 6. The van der Waals surface area contributed by atoms with Crippen LogP contribution in [0.1, 0.15) is 81.1 Å². The first-order valence-corrected chi connectivity index (χ1v) is 13.0. The van der Waals surface area contributed by atoms with Crippen molar-refractivity contribution in [2.45, 2.75) is 71.6 Å². The predicted octanol–water partition coefficient (Wildman–Crippen LogP) is 8.93. The van der Waals surface area contributed by atoms with Gasteiger partial charge in [0.2, 0.25) is 0 Å². The molecule has 0 amide bonds. The van der Waals surface area contributed by atoms with Crippen molar-refractivity contribution < 1.29 is 23.0 Å². The molecule has 36 heavy (non-hydrogen) atoms. The quantitative estimate of drug-likeness (QED) is 0.127. The molecule has 0 atom stereocenters. The van der Waals surface area contributed by atoms with Gasteiger partial charge in [0.1, 0.15) is 0 Å². The molecule has 0 aliphatic rings. The molecule has 3 rings (SSSR count). The van der Waals surface area contributed by atoms with Crippen LogP contribution in [0.5, 0.6) is 11.5 Å². The normalized spacial score (nSPS) is 10.9. The highest BCUT2D eigenvalue weighted by molar-refractivity contribution is 5.91. The number of benzene rings is 3. The number of carbonyl (C=O) groups is 1. The van der Waals surface area contributed by atoms with Crippen molar-refractivity contribution in [3.05, 3.63) is 83.4 Å². The number of esters is 1. The number of ether oxygens (including phenoxy) is 2. The van der Waals surface area contributed by atoms with E-state index in [1.54, 1.807) is 42.5 Å². The van der Waals surface area contributed by atoms with Gasteiger partial charge in [-0.3, -0.25) is 0 Å². The van der Waals surface area contributed by atoms with E-state index in [-0.39, 0.29) is 17.1 Å². The van der Waals surface area contributed by atoms with Gasteiger partial charge in [-0.25, -0.2) is 13.6 Å². The van der Waals surface area contributed by atoms with E-state index in [0.717, 1.165) is 49.7 Å². The first-order valence-electron chi connectivity index (χ1n) is 13.0. The highest BCUT2D eigenvalue weighted by Crippen LogP contribution is 2.27. The Labute approximate surface area is 213 Å². The van der Waals surface area contributed by atoms with Gasteiger partial charge in [-0.2, -0.15) is 0 Å². The lowest BCUT2D eigenvalue weighted by Crippen LogP contribution is -2.09. The van der Waals surface area contributed by atoms with E-state index in [9.17, 15) is 13.6 Å². The van der Waals surface area contributed by atoms with Crippen LogP contribution in [0.25, 0.3) is 11.1 Å². The number of hydrogen-bond donors (Lipinski definition) is 0. The van der Waals surface area contributed by atoms with E-state index in [4.69, 9.17) is 9.47 Å². The molecule has 3 aromatic carbocycles. The van der Waals surface area contributed by atoms with Crippen molar-refractivity contribution in [1.82, 2.24) is 0 Å². The minimum Gasteiger partial charge on any atom is -0.491 e. The lowest BCUT2D eigenvalue weighted by molar-refractivity contribution is 0.0728. The molecule has 3 nitrogen and oxygen atoms in total. The van der Waals surface area contributed by atoms with E-state index >= 15 is 0 Å². The zero-order valence-corrected chi connectivity index (χ0v) is 21.3. The second kappa shape index (κ2) is 14.4. The number of hydrogen-bond acceptors (Lipinski definition) is 3. The summed E-state index contributed by atoms with van der Waals surface area (Å²) in [6.45, 7) is 4.79. The molecule has 0 radical (unpaired) electrons. The molecule has 0 bridgehead atoms. The molecule has 0 aliphatic carbocycles. The van der Waals surface area contributed by atoms with Crippen LogP contribution in [0.15, 0.2) is 60.7 Å². The number of halogens is 2. The summed E-state index contributed by atoms with van der Waals surface area (Å²) < 4.78 is 39.8. The van der Waals surface area contributed by atoms with Gasteiger partial charge < -0.3 is 9.47 Å². The van der Waals surface area contributed by atoms with Crippen molar-refractivity contribution >= 4 is 5.97 Å². The summed E-state index contributed by atoms with van der Waals surface area (Å²) in [7, 11) is 0. The first kappa shape index (κ1) is 27.4. The second-order valence-corrected chi connectivity index (χ2v) is 9.10. The number of rotatable bonds is 14. The summed E-state index contributed by atoms with van der Waals surface area (Å²) in [4.78, 5) is 12.5. The van der Waals surface area contributed by atoms with Crippen molar-refractivity contribution in [3.8, 4) is 22.6 Å². The molecule has 0 saturated heterocycles. The number of carbonyl (C=O) groups excluding carboxylic acids is 1. The van der Waals surface area contributed by atoms with Crippen LogP contribution in [0.3, 0.4) is 0 Å². The molecule has 192 valence electrons. The van der Waals surface area contributed by atoms with Crippen LogP contribution in [-0.2, 0) is 6.42 Å². The highest BCUT2D eigenvalue weighted by atomic mass is 19.1. The molecule has 0 aliphatic heterocycles. The summed E-state index contributed by atoms with van der Waals surface area (Å²) >= 11 is 0. The Morgan fingerprint density at radius 2 is 1.33 bits per heavy atom. The smallest absolute Gasteiger partial charge is 0.343 e. The minimum absolute atomic E-state index is 0.0914. The zero-order chi connectivity index (χ0) is 25.8. The standard InChI is InChI=1S/C31H36F2O3/c1-3-5-7-8-10-20-35-29-19-17-26(22-28(29)33)24-13-15-25(16-14-24)31(34)36-30-18-12-23(21-27(30)32)11-9-6-4-2/h12-19,21-22H,3-11,20H2,1-2H3. The molecular weight excluding hydrogens is 458 g/mol. The Kier molecular flexibility index (Phi) is 10.9. The van der Waals surface area contributed by atoms with Crippen LogP contribution in [0, 0.1) is 11.6 Å². The average Bonchev–Trinajstić information content (AvgIpc) is 2.88. The third-order valence-corrected chi connectivity index (χ3v) is 6.16. The summed E-state index contributed by atoms with van der Waals surface area (Å²) in [6, 6.07) is 16.2. The SMILES string of the molecule is CCCCCCCOc1ccc(-c2ccc(C(=O)Oc3ccc(CCCCC)cc3F)cc2)cc1F. The Balaban J connectivity index is 1.56. The average molecular weight is 495 g/mol. The fourth-order valence-electron chi connectivity index (χ4n) is 4.00. The Hall–Kier alpha value is -3.21. The third-order valence-electron chi connectivity index (χ3n) is 6.16. The van der Waals surface area contributed by atoms with Gasteiger partial charge in [-0.15, -0.1) is 0 Å².